The van der Waals surface area contributed by atoms with Crippen LogP contribution in [0.5, 0.6) is 0 Å². The third kappa shape index (κ3) is 2.78. The van der Waals surface area contributed by atoms with E-state index in [9.17, 15) is 10.1 Å². The second-order valence-electron chi connectivity index (χ2n) is 3.68. The van der Waals surface area contributed by atoms with Gasteiger partial charge in [-0.3, -0.25) is 15.1 Å². The van der Waals surface area contributed by atoms with Crippen molar-refractivity contribution in [2.75, 3.05) is 5.73 Å². The largest absolute Gasteiger partial charge is 0.399 e. The van der Waals surface area contributed by atoms with Crippen molar-refractivity contribution < 1.29 is 4.92 Å². The van der Waals surface area contributed by atoms with E-state index in [1.807, 2.05) is 12.1 Å². The van der Waals surface area contributed by atoms with Crippen molar-refractivity contribution in [2.45, 2.75) is 6.42 Å². The van der Waals surface area contributed by atoms with Crippen LogP contribution in [0.2, 0.25) is 0 Å². The Morgan fingerprint density at radius 2 is 1.94 bits per heavy atom. The minimum absolute atomic E-state index is 0.0606. The van der Waals surface area contributed by atoms with E-state index in [2.05, 4.69) is 4.98 Å². The summed E-state index contributed by atoms with van der Waals surface area (Å²) in [5.74, 6) is 0. The molecular formula is C12H11N3O2. The zero-order valence-electron chi connectivity index (χ0n) is 9.04. The van der Waals surface area contributed by atoms with Crippen LogP contribution in [0.1, 0.15) is 11.3 Å². The van der Waals surface area contributed by atoms with Gasteiger partial charge < -0.3 is 5.73 Å². The van der Waals surface area contributed by atoms with Gasteiger partial charge in [-0.2, -0.15) is 0 Å². The number of nitrogen functional groups attached to an aromatic ring is 1. The highest BCUT2D eigenvalue weighted by Gasteiger charge is 2.06. The number of hydrogen-bond donors (Lipinski definition) is 1. The molecule has 2 N–H and O–H groups in total. The smallest absolute Gasteiger partial charge is 0.272 e. The molecule has 0 amide bonds. The van der Waals surface area contributed by atoms with Gasteiger partial charge in [0.25, 0.3) is 5.69 Å². The molecule has 5 nitrogen and oxygen atoms in total. The topological polar surface area (TPSA) is 82.0 Å². The molecule has 2 aromatic rings. The van der Waals surface area contributed by atoms with Crippen LogP contribution in [0.25, 0.3) is 0 Å². The third-order valence-electron chi connectivity index (χ3n) is 2.38. The Labute approximate surface area is 98.1 Å². The van der Waals surface area contributed by atoms with Gasteiger partial charge in [0.05, 0.1) is 10.6 Å². The molecule has 0 saturated heterocycles. The number of pyridine rings is 1. The van der Waals surface area contributed by atoms with Crippen LogP contribution in [-0.4, -0.2) is 9.91 Å². The number of aromatic nitrogens is 1. The van der Waals surface area contributed by atoms with Crippen molar-refractivity contribution in [2.24, 2.45) is 0 Å². The summed E-state index contributed by atoms with van der Waals surface area (Å²) in [5.41, 5.74) is 8.03. The molecular weight excluding hydrogens is 218 g/mol. The molecule has 0 aliphatic heterocycles. The zero-order valence-corrected chi connectivity index (χ0v) is 9.04. The van der Waals surface area contributed by atoms with Crippen molar-refractivity contribution in [3.8, 4) is 0 Å². The molecule has 0 fully saturated rings. The van der Waals surface area contributed by atoms with Gasteiger partial charge in [-0.1, -0.05) is 12.1 Å². The molecule has 0 bridgehead atoms. The Kier molecular flexibility index (Phi) is 3.00. The van der Waals surface area contributed by atoms with Crippen LogP contribution in [0.15, 0.2) is 42.6 Å². The summed E-state index contributed by atoms with van der Waals surface area (Å²) in [5, 5.41) is 10.6. The van der Waals surface area contributed by atoms with Gasteiger partial charge in [-0.05, 0) is 17.7 Å². The molecule has 0 spiro atoms. The maximum absolute atomic E-state index is 10.6. The first-order valence-electron chi connectivity index (χ1n) is 5.09. The summed E-state index contributed by atoms with van der Waals surface area (Å²) in [6.07, 6.45) is 2.01. The van der Waals surface area contributed by atoms with Gasteiger partial charge in [0, 0.05) is 30.4 Å². The maximum Gasteiger partial charge on any atom is 0.272 e. The average molecular weight is 229 g/mol. The Morgan fingerprint density at radius 1 is 1.24 bits per heavy atom. The molecule has 2 rings (SSSR count). The highest BCUT2D eigenvalue weighted by atomic mass is 16.6. The number of anilines is 1. The summed E-state index contributed by atoms with van der Waals surface area (Å²) in [4.78, 5) is 14.3. The molecule has 1 heterocycles. The van der Waals surface area contributed by atoms with Crippen molar-refractivity contribution >= 4 is 11.4 Å². The number of rotatable bonds is 3. The monoisotopic (exact) mass is 229 g/mol. The lowest BCUT2D eigenvalue weighted by Gasteiger charge is -2.01. The summed E-state index contributed by atoms with van der Waals surface area (Å²) in [6, 6.07) is 10.2. The van der Waals surface area contributed by atoms with E-state index in [4.69, 9.17) is 5.73 Å². The summed E-state index contributed by atoms with van der Waals surface area (Å²) in [7, 11) is 0. The van der Waals surface area contributed by atoms with Gasteiger partial charge in [0.2, 0.25) is 0 Å². The number of nitrogens with two attached hydrogens (primary N) is 1. The van der Waals surface area contributed by atoms with Crippen molar-refractivity contribution in [1.82, 2.24) is 4.98 Å². The Hall–Kier alpha value is -2.43. The fraction of sp³-hybridized carbons (Fsp3) is 0.0833. The molecule has 0 radical (unpaired) electrons. The SMILES string of the molecule is Nc1ccc(Cc2cc([N+](=O)[O-])ccn2)cc1. The van der Waals surface area contributed by atoms with E-state index in [0.717, 1.165) is 5.56 Å². The number of nitro groups is 1. The highest BCUT2D eigenvalue weighted by molar-refractivity contribution is 5.40. The molecule has 5 heteroatoms. The molecule has 0 unspecified atom stereocenters. The lowest BCUT2D eigenvalue weighted by molar-refractivity contribution is -0.385. The first kappa shape index (κ1) is 11.1. The Balaban J connectivity index is 2.21. The molecule has 0 atom stereocenters. The van der Waals surface area contributed by atoms with Gasteiger partial charge in [-0.15, -0.1) is 0 Å². The molecule has 17 heavy (non-hydrogen) atoms. The van der Waals surface area contributed by atoms with E-state index in [1.54, 1.807) is 12.1 Å². The Morgan fingerprint density at radius 3 is 2.59 bits per heavy atom. The van der Waals surface area contributed by atoms with Gasteiger partial charge >= 0.3 is 0 Å². The van der Waals surface area contributed by atoms with Crippen LogP contribution < -0.4 is 5.73 Å². The lowest BCUT2D eigenvalue weighted by Crippen LogP contribution is -1.95. The highest BCUT2D eigenvalue weighted by Crippen LogP contribution is 2.14. The van der Waals surface area contributed by atoms with E-state index in [0.29, 0.717) is 17.8 Å². The average Bonchev–Trinajstić information content (AvgIpc) is 2.32. The first-order valence-corrected chi connectivity index (χ1v) is 5.09. The van der Waals surface area contributed by atoms with E-state index in [-0.39, 0.29) is 5.69 Å². The van der Waals surface area contributed by atoms with Gasteiger partial charge in [0.1, 0.15) is 0 Å². The summed E-state index contributed by atoms with van der Waals surface area (Å²) < 4.78 is 0. The van der Waals surface area contributed by atoms with Crippen LogP contribution >= 0.6 is 0 Å². The Bertz CT molecular complexity index is 538. The summed E-state index contributed by atoms with van der Waals surface area (Å²) >= 11 is 0. The molecule has 86 valence electrons. The quantitative estimate of drug-likeness (QED) is 0.496. The van der Waals surface area contributed by atoms with Crippen LogP contribution in [0.3, 0.4) is 0 Å². The first-order chi connectivity index (χ1) is 8.15. The van der Waals surface area contributed by atoms with E-state index >= 15 is 0 Å². The zero-order chi connectivity index (χ0) is 12.3. The number of hydrogen-bond acceptors (Lipinski definition) is 4. The third-order valence-corrected chi connectivity index (χ3v) is 2.38. The predicted octanol–water partition coefficient (Wildman–Crippen LogP) is 2.16. The van der Waals surface area contributed by atoms with Crippen LogP contribution in [0.4, 0.5) is 11.4 Å². The standard InChI is InChI=1S/C12H11N3O2/c13-10-3-1-9(2-4-10)7-11-8-12(15(16)17)5-6-14-11/h1-6,8H,7,13H2. The normalized spacial score (nSPS) is 10.1. The minimum Gasteiger partial charge on any atom is -0.399 e. The molecule has 0 aliphatic rings. The van der Waals surface area contributed by atoms with E-state index < -0.39 is 4.92 Å². The van der Waals surface area contributed by atoms with Gasteiger partial charge in [-0.25, -0.2) is 0 Å². The molecule has 0 aliphatic carbocycles. The minimum atomic E-state index is -0.422. The van der Waals surface area contributed by atoms with Crippen LogP contribution in [0, 0.1) is 10.1 Å². The predicted molar refractivity (Wildman–Crippen MR) is 64.6 cm³/mol. The molecule has 1 aromatic heterocycles. The number of benzene rings is 1. The van der Waals surface area contributed by atoms with Crippen molar-refractivity contribution in [3.05, 3.63) is 64.0 Å². The lowest BCUT2D eigenvalue weighted by atomic mass is 10.1. The second-order valence-corrected chi connectivity index (χ2v) is 3.68. The molecule has 0 saturated carbocycles. The van der Waals surface area contributed by atoms with Gasteiger partial charge in [0.15, 0.2) is 0 Å². The maximum atomic E-state index is 10.6. The fourth-order valence-corrected chi connectivity index (χ4v) is 1.52. The van der Waals surface area contributed by atoms with Crippen molar-refractivity contribution in [1.29, 1.82) is 0 Å². The number of nitrogens with zero attached hydrogens (tertiary/aromatic N) is 2. The fourth-order valence-electron chi connectivity index (χ4n) is 1.52. The van der Waals surface area contributed by atoms with Crippen LogP contribution in [-0.2, 0) is 6.42 Å². The summed E-state index contributed by atoms with van der Waals surface area (Å²) in [6.45, 7) is 0. The second kappa shape index (κ2) is 4.61. The molecule has 1 aromatic carbocycles. The van der Waals surface area contributed by atoms with E-state index in [1.165, 1.54) is 18.3 Å². The van der Waals surface area contributed by atoms with Crippen molar-refractivity contribution in [3.63, 3.8) is 0 Å².